The highest BCUT2D eigenvalue weighted by Crippen LogP contribution is 1.97. The van der Waals surface area contributed by atoms with E-state index in [1.165, 1.54) is 0 Å². The smallest absolute Gasteiger partial charge is 0.110 e. The molecule has 0 saturated heterocycles. The average molecular weight is 206 g/mol. The first kappa shape index (κ1) is 18.0. The minimum Gasteiger partial charge on any atom is -0.394 e. The van der Waals surface area contributed by atoms with Crippen molar-refractivity contribution in [2.75, 3.05) is 13.2 Å². The lowest BCUT2D eigenvalue weighted by Crippen LogP contribution is -2.41. The van der Waals surface area contributed by atoms with Gasteiger partial charge in [-0.2, -0.15) is 0 Å². The van der Waals surface area contributed by atoms with Crippen molar-refractivity contribution in [3.8, 4) is 0 Å². The molecule has 0 saturated carbocycles. The lowest BCUT2D eigenvalue weighted by Gasteiger charge is -2.19. The Morgan fingerprint density at radius 3 is 1.25 bits per heavy atom. The summed E-state index contributed by atoms with van der Waals surface area (Å²) in [7, 11) is 0. The van der Waals surface area contributed by atoms with E-state index < -0.39 is 31.5 Å². The van der Waals surface area contributed by atoms with Gasteiger partial charge in [-0.3, -0.25) is 0 Å². The minimum absolute atomic E-state index is 0. The van der Waals surface area contributed by atoms with E-state index in [-0.39, 0.29) is 18.6 Å². The third kappa shape index (κ3) is 5.67. The zero-order valence-corrected chi connectivity index (χ0v) is 7.31. The van der Waals surface area contributed by atoms with Gasteiger partial charge in [-0.15, -0.1) is 12.4 Å². The summed E-state index contributed by atoms with van der Waals surface area (Å²) in [5.74, 6) is 0. The monoisotopic (exact) mass is 205 g/mol. The van der Waals surface area contributed by atoms with Crippen LogP contribution in [0.15, 0.2) is 0 Å². The molecule has 0 aromatic heterocycles. The second-order valence-corrected chi connectivity index (χ2v) is 1.99. The second-order valence-electron chi connectivity index (χ2n) is 1.99. The largest absolute Gasteiger partial charge is 0.394 e. The van der Waals surface area contributed by atoms with Crippen LogP contribution in [0.4, 0.5) is 0 Å². The molecule has 0 unspecified atom stereocenters. The molecule has 78 valence electrons. The van der Waals surface area contributed by atoms with Crippen LogP contribution in [-0.2, 0) is 0 Å². The van der Waals surface area contributed by atoms with Crippen LogP contribution in [0, 0.1) is 0 Å². The predicted octanol–water partition coefficient (Wildman–Crippen LogP) is -2.36. The van der Waals surface area contributed by atoms with E-state index in [1.807, 2.05) is 0 Å². The second kappa shape index (κ2) is 9.14. The molecule has 0 amide bonds. The van der Waals surface area contributed by atoms with Crippen molar-refractivity contribution in [3.05, 3.63) is 0 Å². The van der Waals surface area contributed by atoms with Crippen LogP contribution < -0.4 is 6.15 Å². The summed E-state index contributed by atoms with van der Waals surface area (Å²) in [4.78, 5) is 0. The van der Waals surface area contributed by atoms with Gasteiger partial charge in [0.25, 0.3) is 0 Å². The number of rotatable bonds is 4. The Hall–Kier alpha value is 0.0500. The van der Waals surface area contributed by atoms with E-state index in [0.29, 0.717) is 0 Å². The lowest BCUT2D eigenvalue weighted by molar-refractivity contribution is -0.0900. The maximum atomic E-state index is 8.77. The Morgan fingerprint density at radius 1 is 0.833 bits per heavy atom. The van der Waals surface area contributed by atoms with Crippen LogP contribution in [-0.4, -0.2) is 57.1 Å². The average Bonchev–Trinajstić information content (AvgIpc) is 2.00. The molecule has 0 aliphatic carbocycles. The summed E-state index contributed by atoms with van der Waals surface area (Å²) in [6.45, 7) is -1.28. The summed E-state index contributed by atoms with van der Waals surface area (Å²) in [6, 6.07) is 0. The summed E-state index contributed by atoms with van der Waals surface area (Å²) >= 11 is 0. The Bertz CT molecular complexity index is 85.9. The van der Waals surface area contributed by atoms with Crippen LogP contribution in [0.1, 0.15) is 0 Å². The standard InChI is InChI=1S/C5H12O5.ClH.H3N/c6-1-3(8)5(10)4(9)2-7;;/h3-10H,1-2H2;1H;1H3/t3-,4+,5+;;. The van der Waals surface area contributed by atoms with Crippen molar-refractivity contribution in [2.45, 2.75) is 18.3 Å². The van der Waals surface area contributed by atoms with Gasteiger partial charge in [0, 0.05) is 0 Å². The highest BCUT2D eigenvalue weighted by atomic mass is 35.5. The molecule has 7 heteroatoms. The molecule has 0 radical (unpaired) electrons. The molecule has 0 spiro atoms. The molecule has 0 bridgehead atoms. The summed E-state index contributed by atoms with van der Waals surface area (Å²) in [5, 5.41) is 42.6. The first-order valence-electron chi connectivity index (χ1n) is 2.89. The van der Waals surface area contributed by atoms with Crippen molar-refractivity contribution in [2.24, 2.45) is 0 Å². The third-order valence-electron chi connectivity index (χ3n) is 1.16. The van der Waals surface area contributed by atoms with Gasteiger partial charge in [-0.25, -0.2) is 0 Å². The zero-order chi connectivity index (χ0) is 8.15. The van der Waals surface area contributed by atoms with Crippen LogP contribution in [0.25, 0.3) is 0 Å². The van der Waals surface area contributed by atoms with E-state index in [4.69, 9.17) is 25.5 Å². The Balaban J connectivity index is -0.000000405. The molecular formula is C5H16ClNO5. The molecule has 8 N–H and O–H groups in total. The fraction of sp³-hybridized carbons (Fsp3) is 1.00. The number of aliphatic hydroxyl groups is 5. The fourth-order valence-electron chi connectivity index (χ4n) is 0.472. The normalized spacial score (nSPS) is 16.8. The minimum atomic E-state index is -1.49. The number of hydrogen-bond acceptors (Lipinski definition) is 6. The van der Waals surface area contributed by atoms with Crippen molar-refractivity contribution in [1.29, 1.82) is 0 Å². The van der Waals surface area contributed by atoms with Gasteiger partial charge in [-0.05, 0) is 0 Å². The first-order chi connectivity index (χ1) is 4.63. The Morgan fingerprint density at radius 2 is 1.08 bits per heavy atom. The molecule has 12 heavy (non-hydrogen) atoms. The predicted molar refractivity (Wildman–Crippen MR) is 44.5 cm³/mol. The maximum Gasteiger partial charge on any atom is 0.110 e. The molecule has 0 aliphatic heterocycles. The van der Waals surface area contributed by atoms with Gasteiger partial charge in [-0.1, -0.05) is 0 Å². The molecule has 0 heterocycles. The fourth-order valence-corrected chi connectivity index (χ4v) is 0.472. The molecule has 3 atom stereocenters. The zero-order valence-electron chi connectivity index (χ0n) is 6.50. The van der Waals surface area contributed by atoms with Crippen LogP contribution in [0.5, 0.6) is 0 Å². The SMILES string of the molecule is Cl.N.OC[C@@H](O)[C@H](O)[C@@H](O)CO. The molecule has 0 aromatic carbocycles. The Labute approximate surface area is 76.5 Å². The lowest BCUT2D eigenvalue weighted by atomic mass is 10.1. The van der Waals surface area contributed by atoms with Gasteiger partial charge in [0.15, 0.2) is 0 Å². The molecule has 0 fully saturated rings. The summed E-state index contributed by atoms with van der Waals surface area (Å²) in [5.41, 5.74) is 0. The van der Waals surface area contributed by atoms with Gasteiger partial charge in [0.05, 0.1) is 13.2 Å². The highest BCUT2D eigenvalue weighted by molar-refractivity contribution is 5.85. The highest BCUT2D eigenvalue weighted by Gasteiger charge is 2.22. The van der Waals surface area contributed by atoms with E-state index in [2.05, 4.69) is 0 Å². The third-order valence-corrected chi connectivity index (χ3v) is 1.16. The van der Waals surface area contributed by atoms with E-state index in [1.54, 1.807) is 0 Å². The quantitative estimate of drug-likeness (QED) is 0.304. The summed E-state index contributed by atoms with van der Waals surface area (Å²) in [6.07, 6.45) is -4.29. The summed E-state index contributed by atoms with van der Waals surface area (Å²) < 4.78 is 0. The first-order valence-corrected chi connectivity index (χ1v) is 2.89. The van der Waals surface area contributed by atoms with Crippen LogP contribution >= 0.6 is 12.4 Å². The van der Waals surface area contributed by atoms with Gasteiger partial charge >= 0.3 is 0 Å². The molecule has 0 aliphatic rings. The molecule has 0 rings (SSSR count). The van der Waals surface area contributed by atoms with E-state index in [0.717, 1.165) is 0 Å². The number of aliphatic hydroxyl groups excluding tert-OH is 5. The van der Waals surface area contributed by atoms with Crippen molar-refractivity contribution >= 4 is 12.4 Å². The molecular weight excluding hydrogens is 190 g/mol. The number of halogens is 1. The van der Waals surface area contributed by atoms with Crippen molar-refractivity contribution < 1.29 is 25.5 Å². The number of hydrogen-bond donors (Lipinski definition) is 6. The molecule has 6 nitrogen and oxygen atoms in total. The van der Waals surface area contributed by atoms with Crippen molar-refractivity contribution in [1.82, 2.24) is 6.15 Å². The Kier molecular flexibility index (Phi) is 13.7. The van der Waals surface area contributed by atoms with Gasteiger partial charge < -0.3 is 31.7 Å². The molecule has 0 aromatic rings. The van der Waals surface area contributed by atoms with Crippen LogP contribution in [0.3, 0.4) is 0 Å². The van der Waals surface area contributed by atoms with E-state index in [9.17, 15) is 0 Å². The van der Waals surface area contributed by atoms with Crippen molar-refractivity contribution in [3.63, 3.8) is 0 Å². The van der Waals surface area contributed by atoms with Gasteiger partial charge in [0.2, 0.25) is 0 Å². The van der Waals surface area contributed by atoms with Crippen LogP contribution in [0.2, 0.25) is 0 Å². The topological polar surface area (TPSA) is 136 Å². The van der Waals surface area contributed by atoms with Gasteiger partial charge in [0.1, 0.15) is 18.3 Å². The maximum absolute atomic E-state index is 8.77. The van der Waals surface area contributed by atoms with E-state index >= 15 is 0 Å².